The molecule has 148 valence electrons. The monoisotopic (exact) mass is 381 g/mol. The number of carbonyl (C=O) groups is 1. The van der Waals surface area contributed by atoms with Crippen molar-refractivity contribution in [3.63, 3.8) is 0 Å². The first-order valence-corrected chi connectivity index (χ1v) is 9.98. The maximum atomic E-state index is 13.2. The van der Waals surface area contributed by atoms with Gasteiger partial charge in [0.2, 0.25) is 0 Å². The molecular formula is C23H27NO4. The lowest BCUT2D eigenvalue weighted by atomic mass is 9.76. The van der Waals surface area contributed by atoms with Gasteiger partial charge in [-0.3, -0.25) is 4.79 Å². The molecule has 2 aliphatic heterocycles. The quantitative estimate of drug-likeness (QED) is 0.754. The minimum Gasteiger partial charge on any atom is -0.491 e. The van der Waals surface area contributed by atoms with Gasteiger partial charge in [-0.2, -0.15) is 0 Å². The Morgan fingerprint density at radius 2 is 1.21 bits per heavy atom. The van der Waals surface area contributed by atoms with Crippen LogP contribution in [0.4, 0.5) is 0 Å². The summed E-state index contributed by atoms with van der Waals surface area (Å²) in [6.07, 6.45) is 0. The van der Waals surface area contributed by atoms with Gasteiger partial charge in [0.15, 0.2) is 0 Å². The third kappa shape index (κ3) is 3.64. The zero-order valence-corrected chi connectivity index (χ0v) is 16.4. The standard InChI is InChI=1S/C23H27NO4/c1-15-21-17-7-3-5-9-19(17)27-13-11-26-12-14-28-20-10-6-4-8-18(20)22(24-21)16(2)23(15)25/h3-10,15-16,21-22,24H,11-14H2,1-2H3/t15-,16-,21-,22+/m0/s1. The molecule has 4 rings (SSSR count). The lowest BCUT2D eigenvalue weighted by Gasteiger charge is -2.40. The van der Waals surface area contributed by atoms with Crippen molar-refractivity contribution in [2.24, 2.45) is 11.8 Å². The molecule has 0 spiro atoms. The molecule has 2 aromatic rings. The SMILES string of the molecule is C[C@@H]1C(=O)[C@@H](C)[C@H]2N[C@@H]1c1ccccc1OCCOCCOc1ccccc12. The Bertz CT molecular complexity index is 771. The van der Waals surface area contributed by atoms with E-state index in [2.05, 4.69) is 5.32 Å². The van der Waals surface area contributed by atoms with E-state index >= 15 is 0 Å². The fraction of sp³-hybridized carbons (Fsp3) is 0.435. The average molecular weight is 381 g/mol. The summed E-state index contributed by atoms with van der Waals surface area (Å²) in [5, 5.41) is 3.74. The molecular weight excluding hydrogens is 354 g/mol. The number of ketones is 1. The van der Waals surface area contributed by atoms with E-state index in [1.54, 1.807) is 0 Å². The predicted octanol–water partition coefficient (Wildman–Crippen LogP) is 3.70. The number of Topliss-reactive ketones (excluding diaryl/α,β-unsaturated/α-hetero) is 1. The predicted molar refractivity (Wildman–Crippen MR) is 107 cm³/mol. The van der Waals surface area contributed by atoms with Gasteiger partial charge in [0, 0.05) is 35.0 Å². The fourth-order valence-corrected chi connectivity index (χ4v) is 4.20. The highest BCUT2D eigenvalue weighted by molar-refractivity contribution is 5.85. The van der Waals surface area contributed by atoms with Crippen molar-refractivity contribution in [3.05, 3.63) is 59.7 Å². The number of fused-ring (bicyclic) bond motifs is 6. The molecule has 2 bridgehead atoms. The van der Waals surface area contributed by atoms with E-state index in [4.69, 9.17) is 14.2 Å². The first-order chi connectivity index (χ1) is 13.7. The summed E-state index contributed by atoms with van der Waals surface area (Å²) in [5.41, 5.74) is 2.02. The molecule has 5 heteroatoms. The van der Waals surface area contributed by atoms with Gasteiger partial charge in [-0.25, -0.2) is 0 Å². The number of para-hydroxylation sites is 2. The van der Waals surface area contributed by atoms with Crippen LogP contribution in [0.3, 0.4) is 0 Å². The second-order valence-corrected chi connectivity index (χ2v) is 7.49. The van der Waals surface area contributed by atoms with Crippen LogP contribution in [-0.4, -0.2) is 32.2 Å². The average Bonchev–Trinajstić information content (AvgIpc) is 2.72. The van der Waals surface area contributed by atoms with Crippen molar-refractivity contribution in [1.82, 2.24) is 5.32 Å². The number of carbonyl (C=O) groups excluding carboxylic acids is 1. The molecule has 0 amide bonds. The largest absolute Gasteiger partial charge is 0.491 e. The molecule has 2 heterocycles. The number of rotatable bonds is 0. The molecule has 0 radical (unpaired) electrons. The minimum atomic E-state index is -0.145. The number of nitrogens with one attached hydrogen (secondary N) is 1. The summed E-state index contributed by atoms with van der Waals surface area (Å²) in [6, 6.07) is 15.7. The molecule has 1 fully saturated rings. The highest BCUT2D eigenvalue weighted by Gasteiger charge is 2.41. The summed E-state index contributed by atoms with van der Waals surface area (Å²) < 4.78 is 17.6. The molecule has 0 saturated carbocycles. The molecule has 2 aliphatic rings. The summed E-state index contributed by atoms with van der Waals surface area (Å²) >= 11 is 0. The van der Waals surface area contributed by atoms with E-state index in [-0.39, 0.29) is 29.7 Å². The molecule has 0 unspecified atom stereocenters. The molecule has 4 atom stereocenters. The van der Waals surface area contributed by atoms with E-state index < -0.39 is 0 Å². The lowest BCUT2D eigenvalue weighted by molar-refractivity contribution is -0.130. The Balaban J connectivity index is 1.78. The fourth-order valence-electron chi connectivity index (χ4n) is 4.20. The van der Waals surface area contributed by atoms with Crippen LogP contribution in [0, 0.1) is 11.8 Å². The third-order valence-electron chi connectivity index (χ3n) is 5.74. The Hall–Kier alpha value is -2.37. The topological polar surface area (TPSA) is 56.8 Å². The molecule has 0 aromatic heterocycles. The van der Waals surface area contributed by atoms with Crippen molar-refractivity contribution >= 4 is 5.78 Å². The van der Waals surface area contributed by atoms with Crippen molar-refractivity contribution in [2.45, 2.75) is 25.9 Å². The van der Waals surface area contributed by atoms with Gasteiger partial charge in [-0.05, 0) is 12.1 Å². The third-order valence-corrected chi connectivity index (χ3v) is 5.74. The molecule has 28 heavy (non-hydrogen) atoms. The zero-order chi connectivity index (χ0) is 19.5. The number of ether oxygens (including phenoxy) is 3. The Kier molecular flexibility index (Phi) is 5.64. The maximum Gasteiger partial charge on any atom is 0.142 e. The van der Waals surface area contributed by atoms with Crippen LogP contribution < -0.4 is 14.8 Å². The maximum absolute atomic E-state index is 13.2. The molecule has 2 aromatic carbocycles. The van der Waals surface area contributed by atoms with E-state index in [0.717, 1.165) is 22.6 Å². The van der Waals surface area contributed by atoms with Crippen molar-refractivity contribution in [3.8, 4) is 11.5 Å². The number of benzene rings is 2. The normalized spacial score (nSPS) is 28.1. The molecule has 0 aliphatic carbocycles. The van der Waals surface area contributed by atoms with Crippen LogP contribution in [0.25, 0.3) is 0 Å². The van der Waals surface area contributed by atoms with Gasteiger partial charge in [0.05, 0.1) is 13.2 Å². The smallest absolute Gasteiger partial charge is 0.142 e. The van der Waals surface area contributed by atoms with Gasteiger partial charge in [0.1, 0.15) is 30.5 Å². The van der Waals surface area contributed by atoms with E-state index in [9.17, 15) is 4.79 Å². The van der Waals surface area contributed by atoms with Crippen LogP contribution in [0.15, 0.2) is 48.5 Å². The molecule has 1 saturated heterocycles. The molecule has 5 nitrogen and oxygen atoms in total. The van der Waals surface area contributed by atoms with Gasteiger partial charge in [-0.15, -0.1) is 0 Å². The Morgan fingerprint density at radius 3 is 1.71 bits per heavy atom. The summed E-state index contributed by atoms with van der Waals surface area (Å²) in [5.74, 6) is 1.58. The van der Waals surface area contributed by atoms with Crippen LogP contribution >= 0.6 is 0 Å². The number of hydrogen-bond acceptors (Lipinski definition) is 5. The van der Waals surface area contributed by atoms with Gasteiger partial charge < -0.3 is 19.5 Å². The van der Waals surface area contributed by atoms with Crippen molar-refractivity contribution in [2.75, 3.05) is 26.4 Å². The van der Waals surface area contributed by atoms with Crippen LogP contribution in [0.1, 0.15) is 37.1 Å². The summed E-state index contributed by atoms with van der Waals surface area (Å²) in [4.78, 5) is 13.2. The van der Waals surface area contributed by atoms with E-state index in [1.807, 2.05) is 62.4 Å². The number of piperidine rings is 1. The highest BCUT2D eigenvalue weighted by Crippen LogP contribution is 2.42. The lowest BCUT2D eigenvalue weighted by Crippen LogP contribution is -2.46. The van der Waals surface area contributed by atoms with Crippen LogP contribution in [-0.2, 0) is 9.53 Å². The van der Waals surface area contributed by atoms with Gasteiger partial charge in [-0.1, -0.05) is 50.2 Å². The minimum absolute atomic E-state index is 0.123. The van der Waals surface area contributed by atoms with Crippen LogP contribution in [0.2, 0.25) is 0 Å². The Labute approximate surface area is 166 Å². The molecule has 1 N–H and O–H groups in total. The van der Waals surface area contributed by atoms with Gasteiger partial charge in [0.25, 0.3) is 0 Å². The first-order valence-electron chi connectivity index (χ1n) is 9.98. The highest BCUT2D eigenvalue weighted by atomic mass is 16.5. The Morgan fingerprint density at radius 1 is 0.750 bits per heavy atom. The second-order valence-electron chi connectivity index (χ2n) is 7.49. The number of hydrogen-bond donors (Lipinski definition) is 1. The second kappa shape index (κ2) is 8.33. The van der Waals surface area contributed by atoms with Crippen molar-refractivity contribution in [1.29, 1.82) is 0 Å². The van der Waals surface area contributed by atoms with E-state index in [1.165, 1.54) is 0 Å². The van der Waals surface area contributed by atoms with E-state index in [0.29, 0.717) is 26.4 Å². The van der Waals surface area contributed by atoms with Gasteiger partial charge >= 0.3 is 0 Å². The summed E-state index contributed by atoms with van der Waals surface area (Å²) in [7, 11) is 0. The van der Waals surface area contributed by atoms with Crippen molar-refractivity contribution < 1.29 is 19.0 Å². The van der Waals surface area contributed by atoms with Crippen LogP contribution in [0.5, 0.6) is 11.5 Å². The summed E-state index contributed by atoms with van der Waals surface area (Å²) in [6.45, 7) is 5.90. The zero-order valence-electron chi connectivity index (χ0n) is 16.4. The first kappa shape index (κ1) is 19.0.